The molecule has 1 aliphatic heterocycles. The van der Waals surface area contributed by atoms with Crippen LogP contribution in [-0.2, 0) is 6.54 Å². The fraction of sp³-hybridized carbons (Fsp3) is 0.538. The maximum atomic E-state index is 6.21. The average molecular weight is 273 g/mol. The summed E-state index contributed by atoms with van der Waals surface area (Å²) in [4.78, 5) is 2.42. The predicted octanol–water partition coefficient (Wildman–Crippen LogP) is 3.31. The predicted molar refractivity (Wildman–Crippen MR) is 73.5 cm³/mol. The Bertz CT molecular complexity index is 395. The minimum Gasteiger partial charge on any atom is -0.328 e. The van der Waals surface area contributed by atoms with Crippen LogP contribution < -0.4 is 5.73 Å². The summed E-state index contributed by atoms with van der Waals surface area (Å²) in [6.45, 7) is 4.11. The minimum absolute atomic E-state index is 0.344. The van der Waals surface area contributed by atoms with Crippen molar-refractivity contribution >= 4 is 23.2 Å². The molecule has 0 bridgehead atoms. The normalized spacial score (nSPS) is 26.1. The van der Waals surface area contributed by atoms with Crippen molar-refractivity contribution in [2.24, 2.45) is 5.73 Å². The molecule has 2 atom stereocenters. The van der Waals surface area contributed by atoms with Crippen molar-refractivity contribution in [3.63, 3.8) is 0 Å². The van der Waals surface area contributed by atoms with Gasteiger partial charge < -0.3 is 5.73 Å². The van der Waals surface area contributed by atoms with Gasteiger partial charge in [0.25, 0.3) is 0 Å². The van der Waals surface area contributed by atoms with E-state index >= 15 is 0 Å². The van der Waals surface area contributed by atoms with E-state index in [2.05, 4.69) is 11.8 Å². The number of benzene rings is 1. The van der Waals surface area contributed by atoms with Gasteiger partial charge in [0.15, 0.2) is 0 Å². The van der Waals surface area contributed by atoms with Crippen LogP contribution in [0.2, 0.25) is 10.0 Å². The van der Waals surface area contributed by atoms with Crippen molar-refractivity contribution in [3.8, 4) is 0 Å². The summed E-state index contributed by atoms with van der Waals surface area (Å²) in [5, 5.41) is 1.31. The van der Waals surface area contributed by atoms with Crippen LogP contribution in [0.5, 0.6) is 0 Å². The Kier molecular flexibility index (Phi) is 4.31. The van der Waals surface area contributed by atoms with E-state index in [1.54, 1.807) is 0 Å². The number of likely N-dealkylation sites (tertiary alicyclic amines) is 1. The molecule has 17 heavy (non-hydrogen) atoms. The molecule has 2 rings (SSSR count). The first kappa shape index (κ1) is 13.2. The largest absolute Gasteiger partial charge is 0.328 e. The Labute approximate surface area is 113 Å². The molecule has 4 heteroatoms. The molecule has 2 N–H and O–H groups in total. The molecule has 0 amide bonds. The Balaban J connectivity index is 2.08. The molecule has 0 saturated carbocycles. The lowest BCUT2D eigenvalue weighted by atomic mass is 9.98. The third kappa shape index (κ3) is 3.14. The smallest absolute Gasteiger partial charge is 0.0637 e. The van der Waals surface area contributed by atoms with Crippen LogP contribution in [0.4, 0.5) is 0 Å². The molecule has 2 unspecified atom stereocenters. The molecule has 1 aliphatic rings. The van der Waals surface area contributed by atoms with Crippen LogP contribution in [0.1, 0.15) is 25.3 Å². The average Bonchev–Trinajstić information content (AvgIpc) is 2.28. The van der Waals surface area contributed by atoms with Crippen molar-refractivity contribution in [3.05, 3.63) is 33.8 Å². The van der Waals surface area contributed by atoms with E-state index in [0.29, 0.717) is 22.1 Å². The second-order valence-corrected chi connectivity index (χ2v) is 5.60. The van der Waals surface area contributed by atoms with Crippen molar-refractivity contribution in [2.45, 2.75) is 38.4 Å². The van der Waals surface area contributed by atoms with Gasteiger partial charge in [-0.15, -0.1) is 0 Å². The van der Waals surface area contributed by atoms with Gasteiger partial charge in [-0.3, -0.25) is 4.90 Å². The molecule has 0 aromatic heterocycles. The summed E-state index contributed by atoms with van der Waals surface area (Å²) in [5.41, 5.74) is 7.06. The van der Waals surface area contributed by atoms with E-state index < -0.39 is 0 Å². The summed E-state index contributed by atoms with van der Waals surface area (Å²) < 4.78 is 0. The van der Waals surface area contributed by atoms with Crippen molar-refractivity contribution in [1.29, 1.82) is 0 Å². The molecule has 1 fully saturated rings. The first-order valence-corrected chi connectivity index (χ1v) is 6.76. The Morgan fingerprint density at radius 3 is 2.88 bits per heavy atom. The summed E-state index contributed by atoms with van der Waals surface area (Å²) in [6, 6.07) is 6.66. The number of piperidine rings is 1. The Morgan fingerprint density at radius 2 is 2.18 bits per heavy atom. The van der Waals surface area contributed by atoms with E-state index in [1.165, 1.54) is 0 Å². The SMILES string of the molecule is CC1CC(N)CCN1Cc1cccc(Cl)c1Cl. The first-order chi connectivity index (χ1) is 8.08. The molecule has 1 heterocycles. The topological polar surface area (TPSA) is 29.3 Å². The molecule has 0 aliphatic carbocycles. The van der Waals surface area contributed by atoms with Gasteiger partial charge in [0.05, 0.1) is 10.0 Å². The fourth-order valence-electron chi connectivity index (χ4n) is 2.38. The van der Waals surface area contributed by atoms with Crippen molar-refractivity contribution in [1.82, 2.24) is 4.90 Å². The molecular weight excluding hydrogens is 255 g/mol. The van der Waals surface area contributed by atoms with Crippen LogP contribution in [-0.4, -0.2) is 23.5 Å². The lowest BCUT2D eigenvalue weighted by molar-refractivity contribution is 0.140. The number of rotatable bonds is 2. The summed E-state index contributed by atoms with van der Waals surface area (Å²) in [5.74, 6) is 0. The van der Waals surface area contributed by atoms with E-state index in [9.17, 15) is 0 Å². The highest BCUT2D eigenvalue weighted by Gasteiger charge is 2.23. The molecule has 2 nitrogen and oxygen atoms in total. The molecular formula is C13H18Cl2N2. The number of nitrogens with two attached hydrogens (primary N) is 1. The van der Waals surface area contributed by atoms with E-state index in [4.69, 9.17) is 28.9 Å². The second-order valence-electron chi connectivity index (χ2n) is 4.82. The van der Waals surface area contributed by atoms with Crippen LogP contribution in [0, 0.1) is 0 Å². The van der Waals surface area contributed by atoms with E-state index in [-0.39, 0.29) is 0 Å². The van der Waals surface area contributed by atoms with Crippen LogP contribution in [0.25, 0.3) is 0 Å². The third-order valence-electron chi connectivity index (χ3n) is 3.46. The maximum Gasteiger partial charge on any atom is 0.0637 e. The lowest BCUT2D eigenvalue weighted by Gasteiger charge is -2.36. The zero-order valence-corrected chi connectivity index (χ0v) is 11.5. The third-order valence-corrected chi connectivity index (χ3v) is 4.32. The number of nitrogens with zero attached hydrogens (tertiary/aromatic N) is 1. The highest BCUT2D eigenvalue weighted by Crippen LogP contribution is 2.28. The highest BCUT2D eigenvalue weighted by atomic mass is 35.5. The van der Waals surface area contributed by atoms with Gasteiger partial charge in [-0.2, -0.15) is 0 Å². The quantitative estimate of drug-likeness (QED) is 0.895. The monoisotopic (exact) mass is 272 g/mol. The van der Waals surface area contributed by atoms with Crippen LogP contribution >= 0.6 is 23.2 Å². The van der Waals surface area contributed by atoms with Crippen molar-refractivity contribution < 1.29 is 0 Å². The van der Waals surface area contributed by atoms with Gasteiger partial charge in [0.1, 0.15) is 0 Å². The maximum absolute atomic E-state index is 6.21. The first-order valence-electron chi connectivity index (χ1n) is 6.00. The van der Waals surface area contributed by atoms with Crippen LogP contribution in [0.15, 0.2) is 18.2 Å². The number of hydrogen-bond donors (Lipinski definition) is 1. The highest BCUT2D eigenvalue weighted by molar-refractivity contribution is 6.42. The molecule has 0 radical (unpaired) electrons. The Hall–Kier alpha value is -0.280. The summed E-state index contributed by atoms with van der Waals surface area (Å²) in [7, 11) is 0. The molecule has 0 spiro atoms. The lowest BCUT2D eigenvalue weighted by Crippen LogP contribution is -2.44. The van der Waals surface area contributed by atoms with E-state index in [0.717, 1.165) is 31.5 Å². The van der Waals surface area contributed by atoms with Gasteiger partial charge >= 0.3 is 0 Å². The summed E-state index contributed by atoms with van der Waals surface area (Å²) >= 11 is 12.2. The number of hydrogen-bond acceptors (Lipinski definition) is 2. The standard InChI is InChI=1S/C13H18Cl2N2/c1-9-7-11(16)5-6-17(9)8-10-3-2-4-12(14)13(10)15/h2-4,9,11H,5-8,16H2,1H3. The van der Waals surface area contributed by atoms with Crippen LogP contribution in [0.3, 0.4) is 0 Å². The zero-order chi connectivity index (χ0) is 12.4. The summed E-state index contributed by atoms with van der Waals surface area (Å²) in [6.07, 6.45) is 2.11. The Morgan fingerprint density at radius 1 is 1.41 bits per heavy atom. The second kappa shape index (κ2) is 5.57. The minimum atomic E-state index is 0.344. The van der Waals surface area contributed by atoms with E-state index in [1.807, 2.05) is 18.2 Å². The molecule has 1 aromatic rings. The van der Waals surface area contributed by atoms with Gasteiger partial charge in [0.2, 0.25) is 0 Å². The van der Waals surface area contributed by atoms with Crippen molar-refractivity contribution in [2.75, 3.05) is 6.54 Å². The van der Waals surface area contributed by atoms with Gasteiger partial charge in [-0.1, -0.05) is 35.3 Å². The molecule has 94 valence electrons. The van der Waals surface area contributed by atoms with Gasteiger partial charge in [-0.25, -0.2) is 0 Å². The van der Waals surface area contributed by atoms with Gasteiger partial charge in [-0.05, 0) is 31.4 Å². The zero-order valence-electron chi connectivity index (χ0n) is 10.00. The number of halogens is 2. The molecule has 1 saturated heterocycles. The molecule has 1 aromatic carbocycles. The fourth-order valence-corrected chi connectivity index (χ4v) is 2.76. The van der Waals surface area contributed by atoms with Gasteiger partial charge in [0, 0.05) is 25.2 Å².